The number of nitrogens with zero attached hydrogens (tertiary/aromatic N) is 2. The third-order valence-corrected chi connectivity index (χ3v) is 5.84. The fourth-order valence-electron chi connectivity index (χ4n) is 2.74. The van der Waals surface area contributed by atoms with Crippen LogP contribution in [0.5, 0.6) is 0 Å². The van der Waals surface area contributed by atoms with Crippen molar-refractivity contribution in [3.8, 4) is 0 Å². The van der Waals surface area contributed by atoms with E-state index in [0.717, 1.165) is 42.3 Å². The Bertz CT molecular complexity index is 1040. The Hall–Kier alpha value is -2.76. The van der Waals surface area contributed by atoms with Crippen molar-refractivity contribution in [2.75, 3.05) is 19.0 Å². The first-order valence-electron chi connectivity index (χ1n) is 8.83. The highest BCUT2D eigenvalue weighted by Crippen LogP contribution is 2.49. The first-order valence-corrected chi connectivity index (χ1v) is 9.65. The van der Waals surface area contributed by atoms with Crippen LogP contribution in [0.3, 0.4) is 0 Å². The number of amides is 3. The van der Waals surface area contributed by atoms with Gasteiger partial charge in [0.2, 0.25) is 0 Å². The average molecular weight is 482 g/mol. The summed E-state index contributed by atoms with van der Waals surface area (Å²) in [6, 6.07) is 3.85. The molecule has 0 fully saturated rings. The number of urea groups is 1. The molecule has 0 bridgehead atoms. The molecule has 0 N–H and O–H groups in total. The van der Waals surface area contributed by atoms with Crippen LogP contribution in [0.1, 0.15) is 21.5 Å². The third-order valence-electron chi connectivity index (χ3n) is 4.69. The Labute approximate surface area is 183 Å². The molecule has 2 aromatic rings. The van der Waals surface area contributed by atoms with Gasteiger partial charge < -0.3 is 0 Å². The van der Waals surface area contributed by atoms with Crippen LogP contribution < -0.4 is 4.90 Å². The fraction of sp³-hybridized carbons (Fsp3) is 0.300. The first kappa shape index (κ1) is 25.5. The molecular formula is C20H17F7N2O2S. The van der Waals surface area contributed by atoms with E-state index in [2.05, 4.69) is 0 Å². The summed E-state index contributed by atoms with van der Waals surface area (Å²) in [4.78, 5) is 26.1. The van der Waals surface area contributed by atoms with Crippen molar-refractivity contribution >= 4 is 29.4 Å². The van der Waals surface area contributed by atoms with Crippen LogP contribution in [0.2, 0.25) is 0 Å². The van der Waals surface area contributed by atoms with Gasteiger partial charge in [0.15, 0.2) is 0 Å². The van der Waals surface area contributed by atoms with Crippen molar-refractivity contribution in [2.24, 2.45) is 0 Å². The van der Waals surface area contributed by atoms with E-state index in [1.165, 1.54) is 20.9 Å². The van der Waals surface area contributed by atoms with Gasteiger partial charge in [-0.2, -0.15) is 22.0 Å². The number of imide groups is 1. The maximum Gasteiger partial charge on any atom is 0.464 e. The Morgan fingerprint density at radius 2 is 1.41 bits per heavy atom. The molecule has 2 aromatic carbocycles. The fourth-order valence-corrected chi connectivity index (χ4v) is 3.57. The molecule has 32 heavy (non-hydrogen) atoms. The zero-order chi connectivity index (χ0) is 24.6. The minimum absolute atomic E-state index is 0.0604. The van der Waals surface area contributed by atoms with Crippen LogP contribution in [0, 0.1) is 25.5 Å². The summed E-state index contributed by atoms with van der Waals surface area (Å²) in [5.74, 6) is -3.60. The maximum atomic E-state index is 13.9. The lowest BCUT2D eigenvalue weighted by molar-refractivity contribution is -0.237. The van der Waals surface area contributed by atoms with Crippen LogP contribution >= 0.6 is 11.8 Å². The number of rotatable bonds is 4. The molecule has 0 spiro atoms. The standard InChI is InChI=1S/C20H17F7N2O2S/c1-10-11(2)15(32-20(26,27)19(23,24)25)9-8-14(10)28(3)18(31)29(4)17(30)16-12(21)6-5-7-13(16)22/h5-9H,1-4H3. The van der Waals surface area contributed by atoms with Gasteiger partial charge in [0.05, 0.1) is 0 Å². The monoisotopic (exact) mass is 482 g/mol. The van der Waals surface area contributed by atoms with Crippen LogP contribution in [-0.2, 0) is 0 Å². The number of carbonyl (C=O) groups excluding carboxylic acids is 2. The minimum atomic E-state index is -5.76. The smallest absolute Gasteiger partial charge is 0.297 e. The molecule has 0 radical (unpaired) electrons. The van der Waals surface area contributed by atoms with Crippen molar-refractivity contribution in [3.05, 3.63) is 58.7 Å². The van der Waals surface area contributed by atoms with Gasteiger partial charge >= 0.3 is 17.5 Å². The molecule has 0 aromatic heterocycles. The van der Waals surface area contributed by atoms with E-state index in [1.54, 1.807) is 0 Å². The number of carbonyl (C=O) groups is 2. The second kappa shape index (κ2) is 9.00. The third kappa shape index (κ3) is 4.84. The van der Waals surface area contributed by atoms with E-state index in [1.807, 2.05) is 0 Å². The molecule has 0 saturated heterocycles. The van der Waals surface area contributed by atoms with E-state index < -0.39 is 52.3 Å². The van der Waals surface area contributed by atoms with Crippen LogP contribution in [-0.4, -0.2) is 42.4 Å². The van der Waals surface area contributed by atoms with Gasteiger partial charge in [-0.3, -0.25) is 14.6 Å². The largest absolute Gasteiger partial charge is 0.464 e. The summed E-state index contributed by atoms with van der Waals surface area (Å²) >= 11 is -0.676. The summed E-state index contributed by atoms with van der Waals surface area (Å²) in [5, 5.41) is -5.02. The quantitative estimate of drug-likeness (QED) is 0.387. The molecule has 0 atom stereocenters. The van der Waals surface area contributed by atoms with Gasteiger partial charge in [-0.05, 0) is 61.0 Å². The molecule has 2 rings (SSSR count). The number of benzene rings is 2. The number of thioether (sulfide) groups is 1. The lowest BCUT2D eigenvalue weighted by Crippen LogP contribution is -2.43. The lowest BCUT2D eigenvalue weighted by atomic mass is 10.1. The van der Waals surface area contributed by atoms with E-state index in [4.69, 9.17) is 0 Å². The molecule has 174 valence electrons. The van der Waals surface area contributed by atoms with E-state index >= 15 is 0 Å². The molecule has 0 aliphatic rings. The van der Waals surface area contributed by atoms with Gasteiger partial charge in [0, 0.05) is 24.7 Å². The second-order valence-corrected chi connectivity index (χ2v) is 7.91. The molecule has 4 nitrogen and oxygen atoms in total. The lowest BCUT2D eigenvalue weighted by Gasteiger charge is -2.27. The van der Waals surface area contributed by atoms with E-state index in [0.29, 0.717) is 4.90 Å². The summed E-state index contributed by atoms with van der Waals surface area (Å²) < 4.78 is 92.1. The normalized spacial score (nSPS) is 12.0. The summed E-state index contributed by atoms with van der Waals surface area (Å²) in [6.07, 6.45) is -5.76. The second-order valence-electron chi connectivity index (χ2n) is 6.75. The number of halogens is 7. The van der Waals surface area contributed by atoms with E-state index in [-0.39, 0.29) is 21.7 Å². The van der Waals surface area contributed by atoms with Gasteiger partial charge in [0.1, 0.15) is 17.2 Å². The highest BCUT2D eigenvalue weighted by atomic mass is 32.2. The Balaban J connectivity index is 2.33. The van der Waals surface area contributed by atoms with Crippen molar-refractivity contribution in [1.82, 2.24) is 4.90 Å². The average Bonchev–Trinajstić information content (AvgIpc) is 2.68. The zero-order valence-electron chi connectivity index (χ0n) is 17.2. The Morgan fingerprint density at radius 3 is 1.91 bits per heavy atom. The van der Waals surface area contributed by atoms with Gasteiger partial charge in [-0.25, -0.2) is 13.6 Å². The number of anilines is 1. The molecule has 3 amide bonds. The van der Waals surface area contributed by atoms with Gasteiger partial charge in [0.25, 0.3) is 5.91 Å². The molecule has 0 aliphatic heterocycles. The SMILES string of the molecule is Cc1c(SC(F)(F)C(F)(F)F)ccc(N(C)C(=O)N(C)C(=O)c2c(F)cccc2F)c1C. The molecule has 0 unspecified atom stereocenters. The maximum absolute atomic E-state index is 13.9. The molecule has 12 heteroatoms. The highest BCUT2D eigenvalue weighted by Gasteiger charge is 2.58. The summed E-state index contributed by atoms with van der Waals surface area (Å²) in [7, 11) is 2.20. The van der Waals surface area contributed by atoms with Crippen molar-refractivity contribution in [1.29, 1.82) is 0 Å². The van der Waals surface area contributed by atoms with Crippen molar-refractivity contribution in [3.63, 3.8) is 0 Å². The molecule has 0 heterocycles. The topological polar surface area (TPSA) is 40.6 Å². The van der Waals surface area contributed by atoms with Gasteiger partial charge in [-0.15, -0.1) is 0 Å². The zero-order valence-corrected chi connectivity index (χ0v) is 18.0. The summed E-state index contributed by atoms with van der Waals surface area (Å²) in [5.41, 5.74) is -0.585. The molecule has 0 aliphatic carbocycles. The highest BCUT2D eigenvalue weighted by molar-refractivity contribution is 8.00. The predicted molar refractivity (Wildman–Crippen MR) is 105 cm³/mol. The van der Waals surface area contributed by atoms with Crippen LogP contribution in [0.15, 0.2) is 35.2 Å². The van der Waals surface area contributed by atoms with Crippen LogP contribution in [0.4, 0.5) is 41.2 Å². The minimum Gasteiger partial charge on any atom is -0.297 e. The number of alkyl halides is 5. The summed E-state index contributed by atoms with van der Waals surface area (Å²) in [6.45, 7) is 2.69. The van der Waals surface area contributed by atoms with Crippen molar-refractivity contribution < 1.29 is 40.3 Å². The van der Waals surface area contributed by atoms with E-state index in [9.17, 15) is 40.3 Å². The number of hydrogen-bond donors (Lipinski definition) is 0. The van der Waals surface area contributed by atoms with Gasteiger partial charge in [-0.1, -0.05) is 6.07 Å². The van der Waals surface area contributed by atoms with Crippen LogP contribution in [0.25, 0.3) is 0 Å². The molecular weight excluding hydrogens is 465 g/mol. The first-order chi connectivity index (χ1) is 14.6. The Kier molecular flexibility index (Phi) is 7.18. The number of hydrogen-bond acceptors (Lipinski definition) is 3. The molecule has 0 saturated carbocycles. The Morgan fingerprint density at radius 1 is 0.875 bits per heavy atom. The predicted octanol–water partition coefficient (Wildman–Crippen LogP) is 6.16. The van der Waals surface area contributed by atoms with Crippen molar-refractivity contribution in [2.45, 2.75) is 30.2 Å².